The monoisotopic (exact) mass is 394 g/mol. The molecule has 0 bridgehead atoms. The molecule has 1 saturated heterocycles. The number of aromatic carboxylic acids is 1. The van der Waals surface area contributed by atoms with Gasteiger partial charge in [-0.3, -0.25) is 4.90 Å². The molecule has 1 atom stereocenters. The molecule has 0 spiro atoms. The maximum atomic E-state index is 13.1. The topological polar surface area (TPSA) is 66.6 Å². The van der Waals surface area contributed by atoms with E-state index in [2.05, 4.69) is 9.88 Å². The van der Waals surface area contributed by atoms with Gasteiger partial charge >= 0.3 is 5.97 Å². The number of aromatic nitrogens is 1. The molecule has 1 aliphatic heterocycles. The van der Waals surface area contributed by atoms with Crippen molar-refractivity contribution >= 4 is 5.97 Å². The summed E-state index contributed by atoms with van der Waals surface area (Å²) in [5.74, 6) is 0.314. The molecule has 4 rings (SSSR count). The lowest BCUT2D eigenvalue weighted by molar-refractivity contribution is 0.0697. The Labute approximate surface area is 168 Å². The first-order valence-corrected chi connectivity index (χ1v) is 9.84. The Balaban J connectivity index is 1.46. The zero-order valence-corrected chi connectivity index (χ0v) is 16.1. The zero-order valence-electron chi connectivity index (χ0n) is 16.1. The second kappa shape index (κ2) is 8.57. The van der Waals surface area contributed by atoms with Gasteiger partial charge in [0.15, 0.2) is 0 Å². The number of piperidine rings is 1. The Morgan fingerprint density at radius 1 is 1.10 bits per heavy atom. The van der Waals surface area contributed by atoms with Crippen LogP contribution in [-0.4, -0.2) is 27.5 Å². The van der Waals surface area contributed by atoms with Crippen molar-refractivity contribution in [3.63, 3.8) is 0 Å². The van der Waals surface area contributed by atoms with Gasteiger partial charge in [0.2, 0.25) is 5.89 Å². The fourth-order valence-corrected chi connectivity index (χ4v) is 3.81. The third-order valence-electron chi connectivity index (χ3n) is 5.35. The molecule has 0 aliphatic carbocycles. The molecule has 3 aromatic rings. The van der Waals surface area contributed by atoms with Gasteiger partial charge in [0, 0.05) is 13.0 Å². The molecular weight excluding hydrogens is 371 g/mol. The van der Waals surface area contributed by atoms with Gasteiger partial charge in [-0.05, 0) is 54.8 Å². The first-order chi connectivity index (χ1) is 14.1. The molecule has 0 amide bonds. The minimum absolute atomic E-state index is 0.102. The molecule has 1 aliphatic rings. The number of hydrogen-bond acceptors (Lipinski definition) is 4. The predicted molar refractivity (Wildman–Crippen MR) is 106 cm³/mol. The van der Waals surface area contributed by atoms with Gasteiger partial charge in [-0.1, -0.05) is 30.7 Å². The Morgan fingerprint density at radius 2 is 1.83 bits per heavy atom. The third kappa shape index (κ3) is 4.71. The van der Waals surface area contributed by atoms with Crippen molar-refractivity contribution in [3.05, 3.63) is 88.9 Å². The highest BCUT2D eigenvalue weighted by molar-refractivity contribution is 5.87. The summed E-state index contributed by atoms with van der Waals surface area (Å²) in [7, 11) is 0. The largest absolute Gasteiger partial charge is 0.478 e. The van der Waals surface area contributed by atoms with Crippen molar-refractivity contribution in [1.29, 1.82) is 0 Å². The van der Waals surface area contributed by atoms with Crippen LogP contribution >= 0.6 is 0 Å². The number of halogens is 1. The summed E-state index contributed by atoms with van der Waals surface area (Å²) in [6.07, 6.45) is 5.55. The van der Waals surface area contributed by atoms with Gasteiger partial charge in [0.1, 0.15) is 11.6 Å². The molecule has 0 unspecified atom stereocenters. The molecular formula is C23H23FN2O3. The van der Waals surface area contributed by atoms with Crippen molar-refractivity contribution in [2.45, 2.75) is 38.3 Å². The van der Waals surface area contributed by atoms with E-state index in [1.165, 1.54) is 12.1 Å². The number of carbonyl (C=O) groups is 1. The first kappa shape index (κ1) is 19.3. The standard InChI is InChI=1S/C23H23FN2O3/c24-19-10-6-16(7-11-19)13-20-14-25-22(29-20)21-3-1-2-12-26(21)15-17-4-8-18(9-5-17)23(27)28/h4-11,14,21H,1-3,12-13,15H2,(H,27,28)/t21-/m1/s1. The molecule has 0 saturated carbocycles. The van der Waals surface area contributed by atoms with Crippen molar-refractivity contribution < 1.29 is 18.7 Å². The summed E-state index contributed by atoms with van der Waals surface area (Å²) in [5, 5.41) is 9.06. The number of carboxylic acids is 1. The van der Waals surface area contributed by atoms with Crippen LogP contribution in [-0.2, 0) is 13.0 Å². The molecule has 1 fully saturated rings. The summed E-state index contributed by atoms with van der Waals surface area (Å²) in [6, 6.07) is 13.5. The van der Waals surface area contributed by atoms with E-state index >= 15 is 0 Å². The van der Waals surface area contributed by atoms with Crippen LogP contribution in [0.15, 0.2) is 59.1 Å². The fraction of sp³-hybridized carbons (Fsp3) is 0.304. The third-order valence-corrected chi connectivity index (χ3v) is 5.35. The quantitative estimate of drug-likeness (QED) is 0.649. The van der Waals surface area contributed by atoms with Crippen LogP contribution in [0.2, 0.25) is 0 Å². The van der Waals surface area contributed by atoms with Gasteiger partial charge in [0.05, 0.1) is 17.8 Å². The summed E-state index contributed by atoms with van der Waals surface area (Å²) < 4.78 is 19.1. The second-order valence-corrected chi connectivity index (χ2v) is 7.45. The SMILES string of the molecule is O=C(O)c1ccc(CN2CCCC[C@@H]2c2ncc(Cc3ccc(F)cc3)o2)cc1. The summed E-state index contributed by atoms with van der Waals surface area (Å²) >= 11 is 0. The maximum absolute atomic E-state index is 13.1. The molecule has 1 aromatic heterocycles. The Morgan fingerprint density at radius 3 is 2.55 bits per heavy atom. The smallest absolute Gasteiger partial charge is 0.335 e. The molecule has 6 heteroatoms. The molecule has 150 valence electrons. The highest BCUT2D eigenvalue weighted by Gasteiger charge is 2.28. The van der Waals surface area contributed by atoms with E-state index in [4.69, 9.17) is 9.52 Å². The van der Waals surface area contributed by atoms with Crippen LogP contribution < -0.4 is 0 Å². The average molecular weight is 394 g/mol. The molecule has 2 aromatic carbocycles. The number of oxazole rings is 1. The van der Waals surface area contributed by atoms with Crippen LogP contribution in [0.3, 0.4) is 0 Å². The number of likely N-dealkylation sites (tertiary alicyclic amines) is 1. The fourth-order valence-electron chi connectivity index (χ4n) is 3.81. The summed E-state index contributed by atoms with van der Waals surface area (Å²) in [4.78, 5) is 17.9. The van der Waals surface area contributed by atoms with Crippen molar-refractivity contribution in [2.75, 3.05) is 6.54 Å². The minimum atomic E-state index is -0.916. The lowest BCUT2D eigenvalue weighted by Crippen LogP contribution is -2.33. The van der Waals surface area contributed by atoms with Crippen molar-refractivity contribution in [2.24, 2.45) is 0 Å². The number of rotatable bonds is 6. The van der Waals surface area contributed by atoms with Gasteiger partial charge < -0.3 is 9.52 Å². The first-order valence-electron chi connectivity index (χ1n) is 9.84. The van der Waals surface area contributed by atoms with E-state index in [0.29, 0.717) is 17.9 Å². The summed E-state index contributed by atoms with van der Waals surface area (Å²) in [5.41, 5.74) is 2.34. The number of nitrogens with zero attached hydrogens (tertiary/aromatic N) is 2. The molecule has 1 N–H and O–H groups in total. The lowest BCUT2D eigenvalue weighted by atomic mass is 10.0. The maximum Gasteiger partial charge on any atom is 0.335 e. The van der Waals surface area contributed by atoms with E-state index in [1.54, 1.807) is 30.5 Å². The van der Waals surface area contributed by atoms with Gasteiger partial charge in [0.25, 0.3) is 0 Å². The van der Waals surface area contributed by atoms with E-state index in [1.807, 2.05) is 12.1 Å². The molecule has 2 heterocycles. The Hall–Kier alpha value is -2.99. The number of benzene rings is 2. The molecule has 29 heavy (non-hydrogen) atoms. The zero-order chi connectivity index (χ0) is 20.2. The highest BCUT2D eigenvalue weighted by atomic mass is 19.1. The van der Waals surface area contributed by atoms with Crippen LogP contribution in [0.4, 0.5) is 4.39 Å². The van der Waals surface area contributed by atoms with Crippen molar-refractivity contribution in [1.82, 2.24) is 9.88 Å². The van der Waals surface area contributed by atoms with Gasteiger partial charge in [-0.2, -0.15) is 0 Å². The van der Waals surface area contributed by atoms with E-state index < -0.39 is 5.97 Å². The minimum Gasteiger partial charge on any atom is -0.478 e. The second-order valence-electron chi connectivity index (χ2n) is 7.45. The van der Waals surface area contributed by atoms with Crippen LogP contribution in [0.5, 0.6) is 0 Å². The molecule has 5 nitrogen and oxygen atoms in total. The van der Waals surface area contributed by atoms with Crippen LogP contribution in [0.25, 0.3) is 0 Å². The van der Waals surface area contributed by atoms with E-state index in [0.717, 1.165) is 49.2 Å². The van der Waals surface area contributed by atoms with Gasteiger partial charge in [-0.15, -0.1) is 0 Å². The van der Waals surface area contributed by atoms with Gasteiger partial charge in [-0.25, -0.2) is 14.2 Å². The van der Waals surface area contributed by atoms with E-state index in [-0.39, 0.29) is 11.9 Å². The number of hydrogen-bond donors (Lipinski definition) is 1. The molecule has 0 radical (unpaired) electrons. The highest BCUT2D eigenvalue weighted by Crippen LogP contribution is 2.32. The Kier molecular flexibility index (Phi) is 5.71. The summed E-state index contributed by atoms with van der Waals surface area (Å²) in [6.45, 7) is 1.67. The van der Waals surface area contributed by atoms with Crippen LogP contribution in [0, 0.1) is 5.82 Å². The Bertz CT molecular complexity index is 967. The average Bonchev–Trinajstić information content (AvgIpc) is 3.19. The van der Waals surface area contributed by atoms with Crippen molar-refractivity contribution in [3.8, 4) is 0 Å². The normalized spacial score (nSPS) is 17.3. The lowest BCUT2D eigenvalue weighted by Gasteiger charge is -2.33. The van der Waals surface area contributed by atoms with Crippen LogP contribution in [0.1, 0.15) is 58.4 Å². The number of carboxylic acid groups (broad SMARTS) is 1. The van der Waals surface area contributed by atoms with E-state index in [9.17, 15) is 9.18 Å². The predicted octanol–water partition coefficient (Wildman–Crippen LogP) is 4.83.